The van der Waals surface area contributed by atoms with Gasteiger partial charge in [0.1, 0.15) is 5.82 Å². The highest BCUT2D eigenvalue weighted by Gasteiger charge is 2.23. The predicted octanol–water partition coefficient (Wildman–Crippen LogP) is 2.42. The van der Waals surface area contributed by atoms with Crippen LogP contribution in [0.15, 0.2) is 12.1 Å². The second kappa shape index (κ2) is 5.18. The molecule has 0 saturated carbocycles. The minimum absolute atomic E-state index is 0.284. The Balaban J connectivity index is 2.23. The minimum atomic E-state index is -0.914. The minimum Gasteiger partial charge on any atom is -0.478 e. The van der Waals surface area contributed by atoms with Gasteiger partial charge in [0.15, 0.2) is 0 Å². The van der Waals surface area contributed by atoms with Gasteiger partial charge in [0.2, 0.25) is 0 Å². The van der Waals surface area contributed by atoms with E-state index in [0.717, 1.165) is 18.9 Å². The number of hydrogen-bond donors (Lipinski definition) is 1. The molecule has 98 valence electrons. The van der Waals surface area contributed by atoms with E-state index in [1.54, 1.807) is 13.0 Å². The SMILES string of the molecule is Cc1nc(N2CC(C)SC(C)C2)ccc1C(=O)O. The van der Waals surface area contributed by atoms with Gasteiger partial charge in [-0.25, -0.2) is 9.78 Å². The molecule has 1 aliphatic rings. The maximum absolute atomic E-state index is 11.0. The van der Waals surface area contributed by atoms with Crippen molar-refractivity contribution in [2.24, 2.45) is 0 Å². The average molecular weight is 266 g/mol. The van der Waals surface area contributed by atoms with E-state index in [0.29, 0.717) is 16.2 Å². The lowest BCUT2D eigenvalue weighted by Crippen LogP contribution is -2.40. The van der Waals surface area contributed by atoms with Crippen LogP contribution in [0.5, 0.6) is 0 Å². The molecule has 0 radical (unpaired) electrons. The first-order valence-electron chi connectivity index (χ1n) is 6.08. The van der Waals surface area contributed by atoms with Crippen LogP contribution in [0.2, 0.25) is 0 Å². The summed E-state index contributed by atoms with van der Waals surface area (Å²) in [6.07, 6.45) is 0. The molecule has 0 amide bonds. The maximum Gasteiger partial charge on any atom is 0.337 e. The molecule has 18 heavy (non-hydrogen) atoms. The summed E-state index contributed by atoms with van der Waals surface area (Å²) in [5, 5.41) is 10.2. The first-order chi connectivity index (χ1) is 8.47. The quantitative estimate of drug-likeness (QED) is 0.891. The molecule has 1 aromatic heterocycles. The van der Waals surface area contributed by atoms with E-state index < -0.39 is 5.97 Å². The number of carboxylic acid groups (broad SMARTS) is 1. The number of aryl methyl sites for hydroxylation is 1. The number of aromatic nitrogens is 1. The number of aromatic carboxylic acids is 1. The van der Waals surface area contributed by atoms with Crippen LogP contribution < -0.4 is 4.90 Å². The fourth-order valence-electron chi connectivity index (χ4n) is 2.31. The van der Waals surface area contributed by atoms with Crippen molar-refractivity contribution in [2.75, 3.05) is 18.0 Å². The molecule has 0 aromatic carbocycles. The Morgan fingerprint density at radius 2 is 2.00 bits per heavy atom. The molecular formula is C13H18N2O2S. The summed E-state index contributed by atoms with van der Waals surface area (Å²) in [5.41, 5.74) is 0.866. The Hall–Kier alpha value is -1.23. The van der Waals surface area contributed by atoms with Crippen LogP contribution in [0.3, 0.4) is 0 Å². The van der Waals surface area contributed by atoms with Gasteiger partial charge >= 0.3 is 5.97 Å². The third-order valence-corrected chi connectivity index (χ3v) is 4.27. The molecule has 0 bridgehead atoms. The Morgan fingerprint density at radius 1 is 1.39 bits per heavy atom. The van der Waals surface area contributed by atoms with Crippen molar-refractivity contribution in [2.45, 2.75) is 31.3 Å². The van der Waals surface area contributed by atoms with E-state index >= 15 is 0 Å². The lowest BCUT2D eigenvalue weighted by atomic mass is 10.2. The summed E-state index contributed by atoms with van der Waals surface area (Å²) in [6.45, 7) is 8.11. The van der Waals surface area contributed by atoms with Crippen molar-refractivity contribution in [3.05, 3.63) is 23.4 Å². The number of pyridine rings is 1. The number of hydrogen-bond acceptors (Lipinski definition) is 4. The molecular weight excluding hydrogens is 248 g/mol. The third kappa shape index (κ3) is 2.77. The van der Waals surface area contributed by atoms with Crippen molar-refractivity contribution in [1.82, 2.24) is 4.98 Å². The van der Waals surface area contributed by atoms with Gasteiger partial charge in [-0.3, -0.25) is 0 Å². The van der Waals surface area contributed by atoms with E-state index in [1.807, 2.05) is 17.8 Å². The summed E-state index contributed by atoms with van der Waals surface area (Å²) >= 11 is 1.99. The number of rotatable bonds is 2. The predicted molar refractivity (Wildman–Crippen MR) is 74.7 cm³/mol. The van der Waals surface area contributed by atoms with Gasteiger partial charge in [-0.05, 0) is 19.1 Å². The van der Waals surface area contributed by atoms with Crippen LogP contribution in [0, 0.1) is 6.92 Å². The molecule has 2 heterocycles. The lowest BCUT2D eigenvalue weighted by Gasteiger charge is -2.35. The van der Waals surface area contributed by atoms with Gasteiger partial charge in [-0.15, -0.1) is 0 Å². The van der Waals surface area contributed by atoms with E-state index in [2.05, 4.69) is 23.7 Å². The largest absolute Gasteiger partial charge is 0.478 e. The third-order valence-electron chi connectivity index (χ3n) is 3.05. The van der Waals surface area contributed by atoms with E-state index in [4.69, 9.17) is 5.11 Å². The molecule has 0 spiro atoms. The lowest BCUT2D eigenvalue weighted by molar-refractivity contribution is 0.0695. The van der Waals surface area contributed by atoms with Gasteiger partial charge in [-0.1, -0.05) is 13.8 Å². The molecule has 5 heteroatoms. The molecule has 2 rings (SSSR count). The summed E-state index contributed by atoms with van der Waals surface area (Å²) in [7, 11) is 0. The van der Waals surface area contributed by atoms with Gasteiger partial charge in [-0.2, -0.15) is 11.8 Å². The average Bonchev–Trinajstić information content (AvgIpc) is 2.26. The smallest absolute Gasteiger partial charge is 0.337 e. The Bertz CT molecular complexity index is 454. The summed E-state index contributed by atoms with van der Waals surface area (Å²) in [5.74, 6) is -0.0287. The first-order valence-corrected chi connectivity index (χ1v) is 7.03. The maximum atomic E-state index is 11.0. The topological polar surface area (TPSA) is 53.4 Å². The van der Waals surface area contributed by atoms with Gasteiger partial charge in [0.25, 0.3) is 0 Å². The normalized spacial score (nSPS) is 24.1. The summed E-state index contributed by atoms with van der Waals surface area (Å²) in [6, 6.07) is 3.46. The highest BCUT2D eigenvalue weighted by Crippen LogP contribution is 2.28. The van der Waals surface area contributed by atoms with E-state index in [-0.39, 0.29) is 5.56 Å². The molecule has 1 N–H and O–H groups in total. The number of thioether (sulfide) groups is 1. The van der Waals surface area contributed by atoms with Gasteiger partial charge in [0, 0.05) is 23.6 Å². The number of carbonyl (C=O) groups is 1. The highest BCUT2D eigenvalue weighted by atomic mass is 32.2. The molecule has 4 nitrogen and oxygen atoms in total. The Morgan fingerprint density at radius 3 is 2.50 bits per heavy atom. The molecule has 0 aliphatic carbocycles. The zero-order valence-corrected chi connectivity index (χ0v) is 11.7. The fourth-order valence-corrected chi connectivity index (χ4v) is 3.64. The highest BCUT2D eigenvalue weighted by molar-refractivity contribution is 8.00. The van der Waals surface area contributed by atoms with Crippen molar-refractivity contribution in [1.29, 1.82) is 0 Å². The Labute approximate surface area is 111 Å². The fraction of sp³-hybridized carbons (Fsp3) is 0.538. The molecule has 2 unspecified atom stereocenters. The van der Waals surface area contributed by atoms with Crippen molar-refractivity contribution >= 4 is 23.5 Å². The van der Waals surface area contributed by atoms with Crippen LogP contribution in [0.1, 0.15) is 29.9 Å². The zero-order valence-electron chi connectivity index (χ0n) is 10.9. The number of carboxylic acids is 1. The van der Waals surface area contributed by atoms with Gasteiger partial charge in [0.05, 0.1) is 11.3 Å². The van der Waals surface area contributed by atoms with E-state index in [1.165, 1.54) is 0 Å². The monoisotopic (exact) mass is 266 g/mol. The van der Waals surface area contributed by atoms with Crippen LogP contribution >= 0.6 is 11.8 Å². The molecule has 1 aromatic rings. The van der Waals surface area contributed by atoms with Crippen LogP contribution in [0.4, 0.5) is 5.82 Å². The van der Waals surface area contributed by atoms with Crippen LogP contribution in [-0.4, -0.2) is 39.6 Å². The number of nitrogens with zero attached hydrogens (tertiary/aromatic N) is 2. The standard InChI is InChI=1S/C13H18N2O2S/c1-8-6-15(7-9(2)18-8)12-5-4-11(13(16)17)10(3)14-12/h4-5,8-9H,6-7H2,1-3H3,(H,16,17). The number of anilines is 1. The molecule has 2 atom stereocenters. The van der Waals surface area contributed by atoms with Crippen molar-refractivity contribution in [3.8, 4) is 0 Å². The van der Waals surface area contributed by atoms with E-state index in [9.17, 15) is 4.79 Å². The zero-order chi connectivity index (χ0) is 13.3. The molecule has 1 aliphatic heterocycles. The summed E-state index contributed by atoms with van der Waals surface area (Å²) in [4.78, 5) is 17.6. The Kier molecular flexibility index (Phi) is 3.80. The second-order valence-electron chi connectivity index (χ2n) is 4.77. The molecule has 1 fully saturated rings. The summed E-state index contributed by atoms with van der Waals surface area (Å²) < 4.78 is 0. The first kappa shape index (κ1) is 13.2. The van der Waals surface area contributed by atoms with Crippen molar-refractivity contribution < 1.29 is 9.90 Å². The van der Waals surface area contributed by atoms with Crippen LogP contribution in [-0.2, 0) is 0 Å². The molecule has 1 saturated heterocycles. The second-order valence-corrected chi connectivity index (χ2v) is 6.65. The van der Waals surface area contributed by atoms with Crippen molar-refractivity contribution in [3.63, 3.8) is 0 Å². The van der Waals surface area contributed by atoms with Crippen LogP contribution in [0.25, 0.3) is 0 Å². The van der Waals surface area contributed by atoms with Gasteiger partial charge < -0.3 is 10.0 Å².